The molecule has 0 N–H and O–H groups in total. The van der Waals surface area contributed by atoms with Gasteiger partial charge in [0.15, 0.2) is 0 Å². The third-order valence-corrected chi connectivity index (χ3v) is 19.7. The van der Waals surface area contributed by atoms with Crippen LogP contribution in [0.3, 0.4) is 0 Å². The Bertz CT molecular complexity index is 237. The van der Waals surface area contributed by atoms with Crippen molar-refractivity contribution in [3.8, 4) is 0 Å². The molecule has 0 saturated heterocycles. The van der Waals surface area contributed by atoms with Gasteiger partial charge in [-0.15, -0.1) is 0 Å². The Kier molecular flexibility index (Phi) is 14.2. The molecule has 0 bridgehead atoms. The SMILES string of the molecule is CCCCCCCCCCCCCCP(I)(CC)(CC)CC. The van der Waals surface area contributed by atoms with Gasteiger partial charge in [0.05, 0.1) is 0 Å². The molecule has 0 saturated carbocycles. The molecule has 0 aliphatic heterocycles. The second-order valence-corrected chi connectivity index (χ2v) is 21.6. The van der Waals surface area contributed by atoms with Gasteiger partial charge in [-0.3, -0.25) is 0 Å². The van der Waals surface area contributed by atoms with E-state index in [1.807, 2.05) is 0 Å². The third kappa shape index (κ3) is 10.1. The third-order valence-electron chi connectivity index (χ3n) is 5.94. The summed E-state index contributed by atoms with van der Waals surface area (Å²) in [7, 11) is 0. The molecule has 0 aliphatic carbocycles. The molecule has 136 valence electrons. The van der Waals surface area contributed by atoms with E-state index in [4.69, 9.17) is 0 Å². The first-order valence-electron chi connectivity index (χ1n) is 10.3. The predicted octanol–water partition coefficient (Wildman–Crippen LogP) is 8.65. The fourth-order valence-electron chi connectivity index (χ4n) is 3.49. The number of unbranched alkanes of at least 4 members (excludes halogenated alkanes) is 11. The molecule has 0 amide bonds. The van der Waals surface area contributed by atoms with Gasteiger partial charge >= 0.3 is 142 Å². The summed E-state index contributed by atoms with van der Waals surface area (Å²) >= 11 is 2.92. The van der Waals surface area contributed by atoms with Crippen LogP contribution in [0, 0.1) is 0 Å². The summed E-state index contributed by atoms with van der Waals surface area (Å²) < 4.78 is -1.32. The standard InChI is InChI=1S/C20H44IP/c1-5-9-10-11-12-13-14-15-16-17-18-19-20-22(21,6-2,7-3)8-4/h5-20H2,1-4H3. The van der Waals surface area contributed by atoms with Gasteiger partial charge in [0.1, 0.15) is 0 Å². The van der Waals surface area contributed by atoms with Gasteiger partial charge in [0.25, 0.3) is 0 Å². The maximum atomic E-state index is 2.92. The summed E-state index contributed by atoms with van der Waals surface area (Å²) in [5.41, 5.74) is 0. The summed E-state index contributed by atoms with van der Waals surface area (Å²) in [6.07, 6.45) is 23.5. The molecule has 0 aromatic rings. The van der Waals surface area contributed by atoms with E-state index >= 15 is 0 Å². The molecular weight excluding hydrogens is 398 g/mol. The fourth-order valence-corrected chi connectivity index (χ4v) is 7.82. The molecule has 0 unspecified atom stereocenters. The molecule has 0 fully saturated rings. The van der Waals surface area contributed by atoms with Crippen LogP contribution in [0.2, 0.25) is 0 Å². The minimum atomic E-state index is -1.32. The van der Waals surface area contributed by atoms with E-state index in [0.29, 0.717) is 0 Å². The van der Waals surface area contributed by atoms with Crippen molar-refractivity contribution in [1.82, 2.24) is 0 Å². The Labute approximate surface area is 155 Å². The summed E-state index contributed by atoms with van der Waals surface area (Å²) in [6, 6.07) is 0. The van der Waals surface area contributed by atoms with Crippen LogP contribution in [-0.2, 0) is 0 Å². The number of rotatable bonds is 16. The average molecular weight is 442 g/mol. The van der Waals surface area contributed by atoms with Gasteiger partial charge in [0, 0.05) is 0 Å². The Balaban J connectivity index is 3.47. The summed E-state index contributed by atoms with van der Waals surface area (Å²) in [6.45, 7) is 9.63. The normalized spacial score (nSPS) is 14.0. The summed E-state index contributed by atoms with van der Waals surface area (Å²) in [5.74, 6) is 0. The minimum absolute atomic E-state index is 1.32. The molecule has 0 atom stereocenters. The van der Waals surface area contributed by atoms with E-state index in [1.165, 1.54) is 95.5 Å². The first-order chi connectivity index (χ1) is 10.5. The Morgan fingerprint density at radius 3 is 1.14 bits per heavy atom. The first-order valence-corrected chi connectivity index (χ1v) is 16.0. The van der Waals surface area contributed by atoms with E-state index in [2.05, 4.69) is 49.7 Å². The van der Waals surface area contributed by atoms with Crippen LogP contribution >= 0.6 is 26.3 Å². The van der Waals surface area contributed by atoms with Gasteiger partial charge in [-0.05, 0) is 0 Å². The number of halogens is 1. The molecule has 0 aromatic carbocycles. The van der Waals surface area contributed by atoms with Crippen molar-refractivity contribution in [3.63, 3.8) is 0 Å². The van der Waals surface area contributed by atoms with Crippen molar-refractivity contribution >= 4 is 26.3 Å². The monoisotopic (exact) mass is 442 g/mol. The van der Waals surface area contributed by atoms with Gasteiger partial charge < -0.3 is 0 Å². The fraction of sp³-hybridized carbons (Fsp3) is 1.00. The zero-order valence-electron chi connectivity index (χ0n) is 16.1. The summed E-state index contributed by atoms with van der Waals surface area (Å²) in [5, 5.41) is 0. The molecule has 22 heavy (non-hydrogen) atoms. The molecule has 0 nitrogen and oxygen atoms in total. The molecule has 0 spiro atoms. The van der Waals surface area contributed by atoms with Crippen LogP contribution in [0.5, 0.6) is 0 Å². The van der Waals surface area contributed by atoms with E-state index in [0.717, 1.165) is 0 Å². The second kappa shape index (κ2) is 13.5. The molecule has 0 heterocycles. The molecule has 0 aromatic heterocycles. The van der Waals surface area contributed by atoms with E-state index in [-0.39, 0.29) is 0 Å². The van der Waals surface area contributed by atoms with Crippen LogP contribution in [0.15, 0.2) is 0 Å². The van der Waals surface area contributed by atoms with Crippen molar-refractivity contribution in [2.45, 2.75) is 105 Å². The van der Waals surface area contributed by atoms with Crippen molar-refractivity contribution in [2.75, 3.05) is 24.6 Å². The zero-order chi connectivity index (χ0) is 16.8. The molecule has 0 rings (SSSR count). The van der Waals surface area contributed by atoms with Crippen LogP contribution < -0.4 is 0 Å². The molecule has 0 aliphatic rings. The summed E-state index contributed by atoms with van der Waals surface area (Å²) in [4.78, 5) is 0. The Morgan fingerprint density at radius 1 is 0.500 bits per heavy atom. The van der Waals surface area contributed by atoms with Crippen LogP contribution in [0.1, 0.15) is 105 Å². The average Bonchev–Trinajstić information content (AvgIpc) is 2.56. The molecule has 0 radical (unpaired) electrons. The number of hydrogen-bond acceptors (Lipinski definition) is 0. The Morgan fingerprint density at radius 2 is 0.818 bits per heavy atom. The maximum absolute atomic E-state index is 2.92. The van der Waals surface area contributed by atoms with Gasteiger partial charge in [0.2, 0.25) is 0 Å². The topological polar surface area (TPSA) is 0 Å². The van der Waals surface area contributed by atoms with Crippen LogP contribution in [0.4, 0.5) is 0 Å². The van der Waals surface area contributed by atoms with Crippen molar-refractivity contribution in [1.29, 1.82) is 0 Å². The van der Waals surface area contributed by atoms with Gasteiger partial charge in [-0.1, -0.05) is 13.3 Å². The number of hydrogen-bond donors (Lipinski definition) is 0. The second-order valence-electron chi connectivity index (χ2n) is 7.38. The van der Waals surface area contributed by atoms with Crippen molar-refractivity contribution < 1.29 is 0 Å². The van der Waals surface area contributed by atoms with Crippen LogP contribution in [-0.4, -0.2) is 24.6 Å². The van der Waals surface area contributed by atoms with Gasteiger partial charge in [-0.25, -0.2) is 0 Å². The first kappa shape index (κ1) is 23.2. The van der Waals surface area contributed by atoms with E-state index in [1.54, 1.807) is 6.16 Å². The van der Waals surface area contributed by atoms with Gasteiger partial charge in [-0.2, -0.15) is 0 Å². The zero-order valence-corrected chi connectivity index (χ0v) is 19.2. The van der Waals surface area contributed by atoms with Crippen LogP contribution in [0.25, 0.3) is 0 Å². The van der Waals surface area contributed by atoms with E-state index < -0.39 is 4.25 Å². The Hall–Kier alpha value is 1.16. The van der Waals surface area contributed by atoms with Crippen molar-refractivity contribution in [2.24, 2.45) is 0 Å². The molecule has 2 heteroatoms. The molecular formula is C20H44IP. The predicted molar refractivity (Wildman–Crippen MR) is 119 cm³/mol. The van der Waals surface area contributed by atoms with E-state index in [9.17, 15) is 0 Å². The van der Waals surface area contributed by atoms with Crippen molar-refractivity contribution in [3.05, 3.63) is 0 Å². The quantitative estimate of drug-likeness (QED) is 0.127.